The first-order valence-corrected chi connectivity index (χ1v) is 10.2. The largest absolute Gasteiger partial charge is 0.481 e. The zero-order chi connectivity index (χ0) is 18.3. The Kier molecular flexibility index (Phi) is 12.1. The number of hydrogen-bond acceptors (Lipinski definition) is 3. The molecule has 25 heavy (non-hydrogen) atoms. The maximum absolute atomic E-state index is 12.1. The molecule has 4 heteroatoms. The lowest BCUT2D eigenvalue weighted by Crippen LogP contribution is -2.33. The highest BCUT2D eigenvalue weighted by Gasteiger charge is 2.36. The summed E-state index contributed by atoms with van der Waals surface area (Å²) in [5.74, 6) is -2.14. The van der Waals surface area contributed by atoms with Gasteiger partial charge in [-0.05, 0) is 38.5 Å². The van der Waals surface area contributed by atoms with Gasteiger partial charge >= 0.3 is 11.9 Å². The summed E-state index contributed by atoms with van der Waals surface area (Å²) in [6, 6.07) is 0. The summed E-state index contributed by atoms with van der Waals surface area (Å²) < 4.78 is 5.33. The van der Waals surface area contributed by atoms with Crippen LogP contribution in [0, 0.1) is 11.8 Å². The summed E-state index contributed by atoms with van der Waals surface area (Å²) in [7, 11) is 0. The fourth-order valence-corrected chi connectivity index (χ4v) is 3.46. The van der Waals surface area contributed by atoms with Gasteiger partial charge in [-0.1, -0.05) is 64.0 Å². The summed E-state index contributed by atoms with van der Waals surface area (Å²) in [6.07, 6.45) is 18.1. The van der Waals surface area contributed by atoms with E-state index in [1.165, 1.54) is 44.9 Å². The highest BCUT2D eigenvalue weighted by atomic mass is 16.5. The minimum atomic E-state index is -0.855. The molecule has 1 fully saturated rings. The van der Waals surface area contributed by atoms with Gasteiger partial charge in [-0.15, -0.1) is 0 Å². The molecule has 144 valence electrons. The first-order chi connectivity index (χ1) is 12.2. The van der Waals surface area contributed by atoms with Gasteiger partial charge in [-0.25, -0.2) is 0 Å². The molecule has 0 amide bonds. The minimum Gasteiger partial charge on any atom is -0.481 e. The van der Waals surface area contributed by atoms with Crippen molar-refractivity contribution < 1.29 is 19.4 Å². The Morgan fingerprint density at radius 1 is 0.920 bits per heavy atom. The van der Waals surface area contributed by atoms with Gasteiger partial charge in [-0.2, -0.15) is 0 Å². The number of hydrogen-bond donors (Lipinski definition) is 1. The first kappa shape index (κ1) is 21.7. The Morgan fingerprint density at radius 2 is 1.52 bits per heavy atom. The zero-order valence-electron chi connectivity index (χ0n) is 15.9. The molecule has 0 saturated heterocycles. The molecule has 2 unspecified atom stereocenters. The number of carboxylic acids is 1. The van der Waals surface area contributed by atoms with Crippen LogP contribution in [0.25, 0.3) is 0 Å². The van der Waals surface area contributed by atoms with Crippen LogP contribution in [0.5, 0.6) is 0 Å². The molecule has 1 aliphatic rings. The van der Waals surface area contributed by atoms with Gasteiger partial charge in [0, 0.05) is 0 Å². The Balaban J connectivity index is 2.00. The van der Waals surface area contributed by atoms with E-state index in [0.29, 0.717) is 19.4 Å². The van der Waals surface area contributed by atoms with Crippen LogP contribution in [0.15, 0.2) is 12.2 Å². The molecule has 1 saturated carbocycles. The van der Waals surface area contributed by atoms with Gasteiger partial charge in [0.2, 0.25) is 0 Å². The highest BCUT2D eigenvalue weighted by Crippen LogP contribution is 2.31. The van der Waals surface area contributed by atoms with Crippen LogP contribution in [0.1, 0.15) is 90.4 Å². The van der Waals surface area contributed by atoms with Gasteiger partial charge in [0.05, 0.1) is 18.4 Å². The number of unbranched alkanes of at least 4 members (excludes halogenated alkanes) is 7. The number of allylic oxidation sites excluding steroid dienone is 2. The number of carboxylic acid groups (broad SMARTS) is 1. The third kappa shape index (κ3) is 9.66. The molecule has 0 aromatic carbocycles. The van der Waals surface area contributed by atoms with Crippen LogP contribution in [0.3, 0.4) is 0 Å². The van der Waals surface area contributed by atoms with Crippen molar-refractivity contribution in [3.63, 3.8) is 0 Å². The summed E-state index contributed by atoms with van der Waals surface area (Å²) in [6.45, 7) is 2.63. The minimum absolute atomic E-state index is 0.300. The van der Waals surface area contributed by atoms with Crippen molar-refractivity contribution in [2.45, 2.75) is 90.4 Å². The van der Waals surface area contributed by atoms with Gasteiger partial charge < -0.3 is 9.84 Å². The molecule has 4 nitrogen and oxygen atoms in total. The van der Waals surface area contributed by atoms with Crippen LogP contribution >= 0.6 is 0 Å². The third-order valence-corrected chi connectivity index (χ3v) is 5.02. The zero-order valence-corrected chi connectivity index (χ0v) is 15.9. The van der Waals surface area contributed by atoms with E-state index in [1.54, 1.807) is 0 Å². The average Bonchev–Trinajstić information content (AvgIpc) is 2.62. The van der Waals surface area contributed by atoms with Gasteiger partial charge in [-0.3, -0.25) is 9.59 Å². The average molecular weight is 353 g/mol. The molecule has 0 aliphatic heterocycles. The normalized spacial score (nSPS) is 20.7. The Hall–Kier alpha value is -1.32. The highest BCUT2D eigenvalue weighted by molar-refractivity contribution is 5.81. The van der Waals surface area contributed by atoms with Crippen molar-refractivity contribution in [1.82, 2.24) is 0 Å². The van der Waals surface area contributed by atoms with E-state index in [-0.39, 0.29) is 5.97 Å². The lowest BCUT2D eigenvalue weighted by Gasteiger charge is -2.26. The number of carbonyl (C=O) groups excluding carboxylic acids is 1. The fourth-order valence-electron chi connectivity index (χ4n) is 3.46. The second kappa shape index (κ2) is 13.9. The van der Waals surface area contributed by atoms with Gasteiger partial charge in [0.15, 0.2) is 0 Å². The maximum atomic E-state index is 12.1. The molecule has 0 spiro atoms. The summed E-state index contributed by atoms with van der Waals surface area (Å²) in [5.41, 5.74) is 0. The van der Waals surface area contributed by atoms with Crippen molar-refractivity contribution in [1.29, 1.82) is 0 Å². The van der Waals surface area contributed by atoms with E-state index in [1.807, 2.05) is 0 Å². The van der Waals surface area contributed by atoms with E-state index in [4.69, 9.17) is 4.74 Å². The molecule has 0 heterocycles. The van der Waals surface area contributed by atoms with Crippen molar-refractivity contribution in [3.05, 3.63) is 12.2 Å². The smallest absolute Gasteiger partial charge is 0.309 e. The number of aliphatic carboxylic acids is 1. The topological polar surface area (TPSA) is 63.6 Å². The second-order valence-electron chi connectivity index (χ2n) is 7.17. The Labute approximate surface area is 153 Å². The van der Waals surface area contributed by atoms with Crippen LogP contribution in [0.4, 0.5) is 0 Å². The molecular formula is C21H36O4. The monoisotopic (exact) mass is 352 g/mol. The van der Waals surface area contributed by atoms with Crippen molar-refractivity contribution in [3.8, 4) is 0 Å². The number of ether oxygens (including phenoxy) is 1. The molecule has 0 aromatic rings. The predicted molar refractivity (Wildman–Crippen MR) is 100 cm³/mol. The summed E-state index contributed by atoms with van der Waals surface area (Å²) >= 11 is 0. The molecule has 0 radical (unpaired) electrons. The second-order valence-corrected chi connectivity index (χ2v) is 7.17. The predicted octanol–water partition coefficient (Wildman–Crippen LogP) is 5.51. The van der Waals surface area contributed by atoms with Gasteiger partial charge in [0.25, 0.3) is 0 Å². The van der Waals surface area contributed by atoms with Crippen LogP contribution in [-0.2, 0) is 14.3 Å². The van der Waals surface area contributed by atoms with Crippen molar-refractivity contribution >= 4 is 11.9 Å². The van der Waals surface area contributed by atoms with E-state index in [0.717, 1.165) is 25.7 Å². The third-order valence-electron chi connectivity index (χ3n) is 5.02. The number of esters is 1. The van der Waals surface area contributed by atoms with E-state index < -0.39 is 17.8 Å². The number of carbonyl (C=O) groups is 2. The summed E-state index contributed by atoms with van der Waals surface area (Å²) in [4.78, 5) is 23.3. The lowest BCUT2D eigenvalue weighted by atomic mass is 9.79. The summed E-state index contributed by atoms with van der Waals surface area (Å²) in [5, 5.41) is 9.22. The van der Waals surface area contributed by atoms with Crippen LogP contribution in [-0.4, -0.2) is 23.7 Å². The molecule has 1 aliphatic carbocycles. The molecule has 0 aromatic heterocycles. The van der Waals surface area contributed by atoms with Crippen LogP contribution in [0.2, 0.25) is 0 Å². The maximum Gasteiger partial charge on any atom is 0.309 e. The van der Waals surface area contributed by atoms with Crippen molar-refractivity contribution in [2.24, 2.45) is 11.8 Å². The fraction of sp³-hybridized carbons (Fsp3) is 0.810. The quantitative estimate of drug-likeness (QED) is 0.270. The first-order valence-electron chi connectivity index (χ1n) is 10.2. The molecule has 2 atom stereocenters. The molecule has 1 rings (SSSR count). The molecule has 1 N–H and O–H groups in total. The van der Waals surface area contributed by atoms with E-state index in [9.17, 15) is 14.7 Å². The molecule has 0 bridgehead atoms. The molecular weight excluding hydrogens is 316 g/mol. The standard InChI is InChI=1S/C21H36O4/c1-2-3-4-5-6-7-8-9-10-11-14-17-25-21(24)19-16-13-12-15-18(19)20(22)23/h4-5,18-19H,2-3,6-17H2,1H3,(H,22,23)/b5-4+. The van der Waals surface area contributed by atoms with Crippen molar-refractivity contribution in [2.75, 3.05) is 6.61 Å². The van der Waals surface area contributed by atoms with E-state index in [2.05, 4.69) is 19.1 Å². The van der Waals surface area contributed by atoms with Gasteiger partial charge in [0.1, 0.15) is 0 Å². The Bertz CT molecular complexity index is 403. The SMILES string of the molecule is CCC/C=C/CCCCCCCCOC(=O)C1CCCCC1C(=O)O. The Morgan fingerprint density at radius 3 is 2.20 bits per heavy atom. The lowest BCUT2D eigenvalue weighted by molar-refractivity contribution is -0.159. The number of rotatable bonds is 13. The van der Waals surface area contributed by atoms with E-state index >= 15 is 0 Å². The van der Waals surface area contributed by atoms with Crippen LogP contribution < -0.4 is 0 Å².